The number of guanidine groups is 1. The van der Waals surface area contributed by atoms with Gasteiger partial charge in [0.2, 0.25) is 0 Å². The van der Waals surface area contributed by atoms with E-state index in [0.717, 1.165) is 37.0 Å². The van der Waals surface area contributed by atoms with Gasteiger partial charge in [0.1, 0.15) is 6.61 Å². The highest BCUT2D eigenvalue weighted by atomic mass is 127. The summed E-state index contributed by atoms with van der Waals surface area (Å²) >= 11 is 0. The maximum absolute atomic E-state index is 5.94. The molecule has 0 aliphatic carbocycles. The van der Waals surface area contributed by atoms with Crippen LogP contribution in [0.5, 0.6) is 11.5 Å². The monoisotopic (exact) mass is 433 g/mol. The molecule has 0 fully saturated rings. The topological polar surface area (TPSA) is 46.1 Å². The zero-order valence-electron chi connectivity index (χ0n) is 14.2. The first-order valence-corrected chi connectivity index (χ1v) is 8.12. The summed E-state index contributed by atoms with van der Waals surface area (Å²) in [5.74, 6) is 2.55. The molecule has 1 aliphatic heterocycles. The van der Waals surface area contributed by atoms with Gasteiger partial charge in [0.15, 0.2) is 23.6 Å². The molecule has 1 aromatic rings. The van der Waals surface area contributed by atoms with E-state index < -0.39 is 0 Å². The quantitative estimate of drug-likeness (QED) is 0.426. The van der Waals surface area contributed by atoms with Crippen LogP contribution in [0.25, 0.3) is 0 Å². The van der Waals surface area contributed by atoms with Crippen molar-refractivity contribution in [3.8, 4) is 11.5 Å². The van der Waals surface area contributed by atoms with Gasteiger partial charge < -0.3 is 19.7 Å². The standard InChI is InChI=1S/C17H27N3O2.HI/c1-4-6-11-20(3)17(18-5-2)19-12-14-13-21-15-9-7-8-10-16(15)22-14;/h7-10,14H,4-6,11-13H2,1-3H3,(H,18,19);1H. The Hall–Kier alpha value is -1.18. The third-order valence-electron chi connectivity index (χ3n) is 3.56. The van der Waals surface area contributed by atoms with E-state index in [0.29, 0.717) is 13.2 Å². The molecule has 0 saturated heterocycles. The molecule has 6 heteroatoms. The van der Waals surface area contributed by atoms with Crippen LogP contribution in [0.15, 0.2) is 29.3 Å². The predicted octanol–water partition coefficient (Wildman–Crippen LogP) is 3.14. The Labute approximate surface area is 156 Å². The molecular formula is C17H28IN3O2. The van der Waals surface area contributed by atoms with E-state index in [-0.39, 0.29) is 30.1 Å². The number of ether oxygens (including phenoxy) is 2. The number of nitrogens with one attached hydrogen (secondary N) is 1. The van der Waals surface area contributed by atoms with Crippen LogP contribution in [-0.2, 0) is 0 Å². The summed E-state index contributed by atoms with van der Waals surface area (Å²) in [5, 5.41) is 3.33. The Balaban J connectivity index is 0.00000264. The van der Waals surface area contributed by atoms with Crippen molar-refractivity contribution in [3.05, 3.63) is 24.3 Å². The van der Waals surface area contributed by atoms with Crippen LogP contribution < -0.4 is 14.8 Å². The second-order valence-corrected chi connectivity index (χ2v) is 5.47. The van der Waals surface area contributed by atoms with Gasteiger partial charge in [0.05, 0.1) is 6.54 Å². The van der Waals surface area contributed by atoms with E-state index in [9.17, 15) is 0 Å². The molecule has 1 unspecified atom stereocenters. The van der Waals surface area contributed by atoms with Gasteiger partial charge in [-0.3, -0.25) is 0 Å². The van der Waals surface area contributed by atoms with Crippen LogP contribution in [0.2, 0.25) is 0 Å². The van der Waals surface area contributed by atoms with Gasteiger partial charge in [0, 0.05) is 20.1 Å². The molecule has 1 N–H and O–H groups in total. The van der Waals surface area contributed by atoms with Crippen LogP contribution in [0.3, 0.4) is 0 Å². The van der Waals surface area contributed by atoms with E-state index in [1.54, 1.807) is 0 Å². The summed E-state index contributed by atoms with van der Waals surface area (Å²) in [5.41, 5.74) is 0. The van der Waals surface area contributed by atoms with Crippen molar-refractivity contribution in [1.82, 2.24) is 10.2 Å². The van der Waals surface area contributed by atoms with Crippen molar-refractivity contribution in [2.24, 2.45) is 4.99 Å². The lowest BCUT2D eigenvalue weighted by atomic mass is 10.2. The summed E-state index contributed by atoms with van der Waals surface area (Å²) < 4.78 is 11.7. The maximum Gasteiger partial charge on any atom is 0.193 e. The third-order valence-corrected chi connectivity index (χ3v) is 3.56. The van der Waals surface area contributed by atoms with Crippen molar-refractivity contribution in [3.63, 3.8) is 0 Å². The Bertz CT molecular complexity index is 496. The third kappa shape index (κ3) is 6.08. The van der Waals surface area contributed by atoms with Crippen molar-refractivity contribution in [2.75, 3.05) is 33.3 Å². The minimum atomic E-state index is -0.0388. The van der Waals surface area contributed by atoms with E-state index in [1.165, 1.54) is 6.42 Å². The molecule has 0 aromatic heterocycles. The fourth-order valence-electron chi connectivity index (χ4n) is 2.31. The predicted molar refractivity (Wildman–Crippen MR) is 105 cm³/mol. The van der Waals surface area contributed by atoms with Crippen LogP contribution in [0.4, 0.5) is 0 Å². The normalized spacial score (nSPS) is 16.5. The molecular weight excluding hydrogens is 405 g/mol. The lowest BCUT2D eigenvalue weighted by molar-refractivity contribution is 0.0969. The maximum atomic E-state index is 5.94. The molecule has 1 atom stereocenters. The molecule has 2 rings (SSSR count). The molecule has 1 heterocycles. The number of aliphatic imine (C=N–C) groups is 1. The largest absolute Gasteiger partial charge is 0.486 e. The number of halogens is 1. The van der Waals surface area contributed by atoms with Crippen molar-refractivity contribution in [2.45, 2.75) is 32.8 Å². The lowest BCUT2D eigenvalue weighted by Gasteiger charge is -2.26. The number of hydrogen-bond acceptors (Lipinski definition) is 3. The Morgan fingerprint density at radius 1 is 1.30 bits per heavy atom. The van der Waals surface area contributed by atoms with Gasteiger partial charge in [-0.05, 0) is 25.5 Å². The SMILES string of the molecule is CCCCN(C)C(=NCC1COc2ccccc2O1)NCC.I. The summed E-state index contributed by atoms with van der Waals surface area (Å²) in [6, 6.07) is 7.77. The Morgan fingerprint density at radius 2 is 2.04 bits per heavy atom. The van der Waals surface area contributed by atoms with Crippen molar-refractivity contribution in [1.29, 1.82) is 0 Å². The molecule has 0 spiro atoms. The van der Waals surface area contributed by atoms with Gasteiger partial charge in [-0.25, -0.2) is 4.99 Å². The van der Waals surface area contributed by atoms with Crippen molar-refractivity contribution < 1.29 is 9.47 Å². The van der Waals surface area contributed by atoms with E-state index in [4.69, 9.17) is 9.47 Å². The second-order valence-electron chi connectivity index (χ2n) is 5.47. The van der Waals surface area contributed by atoms with Gasteiger partial charge in [0.25, 0.3) is 0 Å². The first-order valence-electron chi connectivity index (χ1n) is 8.12. The number of para-hydroxylation sites is 2. The minimum Gasteiger partial charge on any atom is -0.486 e. The zero-order valence-corrected chi connectivity index (χ0v) is 16.6. The van der Waals surface area contributed by atoms with Gasteiger partial charge in [-0.1, -0.05) is 25.5 Å². The van der Waals surface area contributed by atoms with E-state index >= 15 is 0 Å². The van der Waals surface area contributed by atoms with E-state index in [1.807, 2.05) is 24.3 Å². The molecule has 0 bridgehead atoms. The molecule has 1 aliphatic rings. The van der Waals surface area contributed by atoms with E-state index in [2.05, 4.69) is 36.1 Å². The minimum absolute atomic E-state index is 0. The number of fused-ring (bicyclic) bond motifs is 1. The lowest BCUT2D eigenvalue weighted by Crippen LogP contribution is -2.41. The molecule has 0 amide bonds. The van der Waals surface area contributed by atoms with Crippen LogP contribution >= 0.6 is 24.0 Å². The molecule has 0 radical (unpaired) electrons. The number of hydrogen-bond donors (Lipinski definition) is 1. The smallest absolute Gasteiger partial charge is 0.193 e. The van der Waals surface area contributed by atoms with Gasteiger partial charge >= 0.3 is 0 Å². The molecule has 5 nitrogen and oxygen atoms in total. The highest BCUT2D eigenvalue weighted by molar-refractivity contribution is 14.0. The number of unbranched alkanes of at least 4 members (excludes halogenated alkanes) is 1. The molecule has 1 aromatic carbocycles. The highest BCUT2D eigenvalue weighted by Gasteiger charge is 2.20. The van der Waals surface area contributed by atoms with Crippen LogP contribution in [0.1, 0.15) is 26.7 Å². The van der Waals surface area contributed by atoms with Gasteiger partial charge in [-0.2, -0.15) is 0 Å². The first-order chi connectivity index (χ1) is 10.7. The second kappa shape index (κ2) is 10.6. The number of nitrogens with zero attached hydrogens (tertiary/aromatic N) is 2. The molecule has 0 saturated carbocycles. The summed E-state index contributed by atoms with van der Waals surface area (Å²) in [6.45, 7) is 7.28. The fourth-order valence-corrected chi connectivity index (χ4v) is 2.31. The fraction of sp³-hybridized carbons (Fsp3) is 0.588. The summed E-state index contributed by atoms with van der Waals surface area (Å²) in [6.07, 6.45) is 2.31. The Kier molecular flexibility index (Phi) is 9.13. The number of rotatable bonds is 6. The average Bonchev–Trinajstić information content (AvgIpc) is 2.56. The van der Waals surface area contributed by atoms with Crippen LogP contribution in [0, 0.1) is 0 Å². The average molecular weight is 433 g/mol. The molecule has 23 heavy (non-hydrogen) atoms. The van der Waals surface area contributed by atoms with Crippen molar-refractivity contribution >= 4 is 29.9 Å². The summed E-state index contributed by atoms with van der Waals surface area (Å²) in [4.78, 5) is 6.86. The molecule has 130 valence electrons. The van der Waals surface area contributed by atoms with Gasteiger partial charge in [-0.15, -0.1) is 24.0 Å². The van der Waals surface area contributed by atoms with Crippen LogP contribution in [-0.4, -0.2) is 50.3 Å². The zero-order chi connectivity index (χ0) is 15.8. The number of benzene rings is 1. The Morgan fingerprint density at radius 3 is 2.74 bits per heavy atom. The summed E-state index contributed by atoms with van der Waals surface area (Å²) in [7, 11) is 2.07. The first kappa shape index (κ1) is 19.9. The highest BCUT2D eigenvalue weighted by Crippen LogP contribution is 2.30.